The summed E-state index contributed by atoms with van der Waals surface area (Å²) < 4.78 is 18.0. The standard InChI is InChI=1S/C12H18FNO/c1-10(2)9-14-7-8-15-12-5-3-11(13)4-6-12/h3-6,10,14H,7-9H2,1-2H3. The van der Waals surface area contributed by atoms with Gasteiger partial charge in [-0.15, -0.1) is 0 Å². The third kappa shape index (κ3) is 5.37. The molecule has 0 atom stereocenters. The molecule has 0 heterocycles. The van der Waals surface area contributed by atoms with E-state index in [1.807, 2.05) is 0 Å². The highest BCUT2D eigenvalue weighted by Crippen LogP contribution is 2.10. The minimum atomic E-state index is -0.236. The van der Waals surface area contributed by atoms with Gasteiger partial charge in [0.1, 0.15) is 18.2 Å². The smallest absolute Gasteiger partial charge is 0.123 e. The Morgan fingerprint density at radius 1 is 1.27 bits per heavy atom. The van der Waals surface area contributed by atoms with Crippen LogP contribution in [0.3, 0.4) is 0 Å². The molecule has 0 saturated carbocycles. The number of nitrogens with one attached hydrogen (secondary N) is 1. The molecule has 0 fully saturated rings. The number of benzene rings is 1. The predicted octanol–water partition coefficient (Wildman–Crippen LogP) is 2.45. The lowest BCUT2D eigenvalue weighted by Gasteiger charge is -2.08. The minimum Gasteiger partial charge on any atom is -0.492 e. The summed E-state index contributed by atoms with van der Waals surface area (Å²) in [6.45, 7) is 6.74. The molecule has 0 aliphatic heterocycles. The Bertz CT molecular complexity index is 271. The van der Waals surface area contributed by atoms with E-state index in [4.69, 9.17) is 4.74 Å². The zero-order valence-electron chi connectivity index (χ0n) is 9.29. The molecule has 0 aliphatic carbocycles. The van der Waals surface area contributed by atoms with Crippen molar-refractivity contribution in [2.45, 2.75) is 13.8 Å². The summed E-state index contributed by atoms with van der Waals surface area (Å²) in [4.78, 5) is 0. The molecule has 1 N–H and O–H groups in total. The highest BCUT2D eigenvalue weighted by atomic mass is 19.1. The normalized spacial score (nSPS) is 10.7. The molecule has 0 unspecified atom stereocenters. The fourth-order valence-electron chi connectivity index (χ4n) is 1.16. The Morgan fingerprint density at radius 3 is 2.53 bits per heavy atom. The van der Waals surface area contributed by atoms with Crippen molar-refractivity contribution >= 4 is 0 Å². The topological polar surface area (TPSA) is 21.3 Å². The maximum atomic E-state index is 12.6. The Labute approximate surface area is 90.4 Å². The lowest BCUT2D eigenvalue weighted by atomic mass is 10.2. The van der Waals surface area contributed by atoms with Crippen molar-refractivity contribution in [2.75, 3.05) is 19.7 Å². The van der Waals surface area contributed by atoms with Gasteiger partial charge in [0, 0.05) is 6.54 Å². The van der Waals surface area contributed by atoms with Gasteiger partial charge in [0.15, 0.2) is 0 Å². The summed E-state index contributed by atoms with van der Waals surface area (Å²) in [7, 11) is 0. The van der Waals surface area contributed by atoms with E-state index in [0.29, 0.717) is 18.3 Å². The summed E-state index contributed by atoms with van der Waals surface area (Å²) in [5.41, 5.74) is 0. The van der Waals surface area contributed by atoms with Crippen LogP contribution in [-0.4, -0.2) is 19.7 Å². The number of rotatable bonds is 6. The van der Waals surface area contributed by atoms with Gasteiger partial charge in [0.25, 0.3) is 0 Å². The van der Waals surface area contributed by atoms with E-state index < -0.39 is 0 Å². The minimum absolute atomic E-state index is 0.236. The molecule has 1 aromatic carbocycles. The monoisotopic (exact) mass is 211 g/mol. The Kier molecular flexibility index (Phi) is 5.12. The molecule has 0 aromatic heterocycles. The molecule has 0 bridgehead atoms. The van der Waals surface area contributed by atoms with E-state index in [1.165, 1.54) is 12.1 Å². The quantitative estimate of drug-likeness (QED) is 0.730. The molecule has 0 radical (unpaired) electrons. The van der Waals surface area contributed by atoms with Gasteiger partial charge in [0.2, 0.25) is 0 Å². The van der Waals surface area contributed by atoms with E-state index in [-0.39, 0.29) is 5.82 Å². The van der Waals surface area contributed by atoms with Gasteiger partial charge in [-0.25, -0.2) is 4.39 Å². The lowest BCUT2D eigenvalue weighted by Crippen LogP contribution is -2.24. The van der Waals surface area contributed by atoms with Gasteiger partial charge in [-0.1, -0.05) is 13.8 Å². The van der Waals surface area contributed by atoms with Crippen LogP contribution in [0.25, 0.3) is 0 Å². The van der Waals surface area contributed by atoms with Crippen LogP contribution in [0.4, 0.5) is 4.39 Å². The summed E-state index contributed by atoms with van der Waals surface area (Å²) in [5.74, 6) is 1.12. The summed E-state index contributed by atoms with van der Waals surface area (Å²) in [6.07, 6.45) is 0. The van der Waals surface area contributed by atoms with Crippen molar-refractivity contribution in [1.29, 1.82) is 0 Å². The van der Waals surface area contributed by atoms with Crippen molar-refractivity contribution in [3.63, 3.8) is 0 Å². The zero-order chi connectivity index (χ0) is 11.1. The van der Waals surface area contributed by atoms with Crippen LogP contribution in [0.1, 0.15) is 13.8 Å². The van der Waals surface area contributed by atoms with Gasteiger partial charge in [-0.3, -0.25) is 0 Å². The van der Waals surface area contributed by atoms with Crippen LogP contribution >= 0.6 is 0 Å². The van der Waals surface area contributed by atoms with Crippen molar-refractivity contribution in [3.8, 4) is 5.75 Å². The fourth-order valence-corrected chi connectivity index (χ4v) is 1.16. The van der Waals surface area contributed by atoms with Crippen LogP contribution in [0.2, 0.25) is 0 Å². The SMILES string of the molecule is CC(C)CNCCOc1ccc(F)cc1. The molecule has 84 valence electrons. The fraction of sp³-hybridized carbons (Fsp3) is 0.500. The van der Waals surface area contributed by atoms with E-state index in [9.17, 15) is 4.39 Å². The molecule has 0 saturated heterocycles. The first-order valence-electron chi connectivity index (χ1n) is 5.27. The number of hydrogen-bond acceptors (Lipinski definition) is 2. The number of ether oxygens (including phenoxy) is 1. The van der Waals surface area contributed by atoms with Gasteiger partial charge in [-0.05, 0) is 36.7 Å². The Hall–Kier alpha value is -1.09. The molecular formula is C12H18FNO. The summed E-state index contributed by atoms with van der Waals surface area (Å²) >= 11 is 0. The van der Waals surface area contributed by atoms with E-state index in [0.717, 1.165) is 13.1 Å². The maximum Gasteiger partial charge on any atom is 0.123 e. The van der Waals surface area contributed by atoms with Crippen LogP contribution in [0.15, 0.2) is 24.3 Å². The molecular weight excluding hydrogens is 193 g/mol. The third-order valence-corrected chi connectivity index (χ3v) is 1.91. The first-order chi connectivity index (χ1) is 7.18. The van der Waals surface area contributed by atoms with Crippen LogP contribution in [0.5, 0.6) is 5.75 Å². The molecule has 3 heteroatoms. The highest BCUT2D eigenvalue weighted by Gasteiger charge is 1.95. The third-order valence-electron chi connectivity index (χ3n) is 1.91. The number of halogens is 1. The molecule has 0 spiro atoms. The van der Waals surface area contributed by atoms with Crippen molar-refractivity contribution in [2.24, 2.45) is 5.92 Å². The average Bonchev–Trinajstić information content (AvgIpc) is 2.20. The molecule has 0 aliphatic rings. The highest BCUT2D eigenvalue weighted by molar-refractivity contribution is 5.21. The second kappa shape index (κ2) is 6.40. The van der Waals surface area contributed by atoms with Crippen LogP contribution in [-0.2, 0) is 0 Å². The largest absolute Gasteiger partial charge is 0.492 e. The Balaban J connectivity index is 2.12. The molecule has 0 amide bonds. The Morgan fingerprint density at radius 2 is 1.93 bits per heavy atom. The first kappa shape index (κ1) is 12.0. The van der Waals surface area contributed by atoms with Crippen LogP contribution < -0.4 is 10.1 Å². The average molecular weight is 211 g/mol. The molecule has 1 rings (SSSR count). The lowest BCUT2D eigenvalue weighted by molar-refractivity contribution is 0.310. The second-order valence-corrected chi connectivity index (χ2v) is 3.90. The summed E-state index contributed by atoms with van der Waals surface area (Å²) in [5, 5.41) is 3.27. The van der Waals surface area contributed by atoms with Gasteiger partial charge in [0.05, 0.1) is 0 Å². The number of hydrogen-bond donors (Lipinski definition) is 1. The van der Waals surface area contributed by atoms with Crippen molar-refractivity contribution in [3.05, 3.63) is 30.1 Å². The first-order valence-corrected chi connectivity index (χ1v) is 5.27. The van der Waals surface area contributed by atoms with Crippen molar-refractivity contribution < 1.29 is 9.13 Å². The van der Waals surface area contributed by atoms with Crippen molar-refractivity contribution in [1.82, 2.24) is 5.32 Å². The molecule has 15 heavy (non-hydrogen) atoms. The van der Waals surface area contributed by atoms with Gasteiger partial charge < -0.3 is 10.1 Å². The van der Waals surface area contributed by atoms with Gasteiger partial charge in [-0.2, -0.15) is 0 Å². The van der Waals surface area contributed by atoms with Crippen LogP contribution in [0, 0.1) is 11.7 Å². The van der Waals surface area contributed by atoms with E-state index >= 15 is 0 Å². The predicted molar refractivity (Wildman–Crippen MR) is 59.6 cm³/mol. The molecule has 2 nitrogen and oxygen atoms in total. The maximum absolute atomic E-state index is 12.6. The molecule has 1 aromatic rings. The summed E-state index contributed by atoms with van der Waals surface area (Å²) in [6, 6.07) is 6.07. The van der Waals surface area contributed by atoms with Gasteiger partial charge >= 0.3 is 0 Å². The van der Waals surface area contributed by atoms with E-state index in [2.05, 4.69) is 19.2 Å². The van der Waals surface area contributed by atoms with E-state index in [1.54, 1.807) is 12.1 Å². The second-order valence-electron chi connectivity index (χ2n) is 3.90. The zero-order valence-corrected chi connectivity index (χ0v) is 9.29.